The van der Waals surface area contributed by atoms with Gasteiger partial charge in [0.05, 0.1) is 12.3 Å². The molecule has 1 unspecified atom stereocenters. The Morgan fingerprint density at radius 2 is 1.86 bits per heavy atom. The largest absolute Gasteiger partial charge is 0.390 e. The van der Waals surface area contributed by atoms with Crippen LogP contribution in [0.5, 0.6) is 0 Å². The zero-order valence-electron chi connectivity index (χ0n) is 15.9. The molecule has 0 aromatic heterocycles. The Balaban J connectivity index is 1.71. The first-order valence-electron chi connectivity index (χ1n) is 9.20. The van der Waals surface area contributed by atoms with E-state index >= 15 is 0 Å². The molecule has 0 aliphatic carbocycles. The topological polar surface area (TPSA) is 53.9 Å². The van der Waals surface area contributed by atoms with Crippen LogP contribution in [0.2, 0.25) is 10.0 Å². The number of carbonyl (C=O) groups excluding carboxylic acids is 1. The van der Waals surface area contributed by atoms with Crippen LogP contribution in [0.15, 0.2) is 53.7 Å². The Morgan fingerprint density at radius 3 is 2.54 bits per heavy atom. The van der Waals surface area contributed by atoms with E-state index in [1.54, 1.807) is 4.90 Å². The van der Waals surface area contributed by atoms with E-state index in [1.165, 1.54) is 0 Å². The fourth-order valence-corrected chi connectivity index (χ4v) is 3.46. The summed E-state index contributed by atoms with van der Waals surface area (Å²) in [6, 6.07) is 14.9. The molecule has 3 rings (SSSR count). The quantitative estimate of drug-likeness (QED) is 0.707. The Kier molecular flexibility index (Phi) is 6.81. The van der Waals surface area contributed by atoms with E-state index in [9.17, 15) is 4.79 Å². The molecule has 0 saturated heterocycles. The molecule has 0 bridgehead atoms. The van der Waals surface area contributed by atoms with E-state index in [0.29, 0.717) is 29.6 Å². The Hall–Kier alpha value is -2.24. The second-order valence-electron chi connectivity index (χ2n) is 7.03. The smallest absolute Gasteiger partial charge is 0.318 e. The molecule has 1 heterocycles. The lowest BCUT2D eigenvalue weighted by Crippen LogP contribution is -2.45. The standard InChI is InChI=1S/C21H23Cl2N3O2/c1-14(2)24-21(27)26(12-15-7-3-5-9-18(15)22)13-16-11-20(25-28-16)17-8-4-6-10-19(17)23/h3-10,14,16H,11-13H2,1-2H3,(H,24,27). The highest BCUT2D eigenvalue weighted by atomic mass is 35.5. The summed E-state index contributed by atoms with van der Waals surface area (Å²) < 4.78 is 0. The summed E-state index contributed by atoms with van der Waals surface area (Å²) in [5.74, 6) is 0. The zero-order valence-corrected chi connectivity index (χ0v) is 17.4. The van der Waals surface area contributed by atoms with Gasteiger partial charge in [-0.3, -0.25) is 0 Å². The zero-order chi connectivity index (χ0) is 20.1. The van der Waals surface area contributed by atoms with Crippen LogP contribution in [-0.4, -0.2) is 35.3 Å². The second-order valence-corrected chi connectivity index (χ2v) is 7.84. The molecule has 2 amide bonds. The van der Waals surface area contributed by atoms with Crippen molar-refractivity contribution in [3.63, 3.8) is 0 Å². The van der Waals surface area contributed by atoms with Crippen LogP contribution in [0.4, 0.5) is 4.79 Å². The maximum atomic E-state index is 12.7. The molecule has 0 saturated carbocycles. The predicted molar refractivity (Wildman–Crippen MR) is 113 cm³/mol. The highest BCUT2D eigenvalue weighted by Gasteiger charge is 2.28. The SMILES string of the molecule is CC(C)NC(=O)N(Cc1ccccc1Cl)CC1CC(c2ccccc2Cl)=NO1. The second kappa shape index (κ2) is 9.30. The highest BCUT2D eigenvalue weighted by Crippen LogP contribution is 2.24. The highest BCUT2D eigenvalue weighted by molar-refractivity contribution is 6.34. The number of benzene rings is 2. The normalized spacial score (nSPS) is 15.9. The van der Waals surface area contributed by atoms with Crippen molar-refractivity contribution < 1.29 is 9.63 Å². The van der Waals surface area contributed by atoms with E-state index in [-0.39, 0.29) is 18.2 Å². The summed E-state index contributed by atoms with van der Waals surface area (Å²) in [7, 11) is 0. The predicted octanol–water partition coefficient (Wildman–Crippen LogP) is 5.11. The van der Waals surface area contributed by atoms with Crippen LogP contribution in [0.3, 0.4) is 0 Å². The fraction of sp³-hybridized carbons (Fsp3) is 0.333. The molecule has 0 spiro atoms. The molecule has 0 fully saturated rings. The summed E-state index contributed by atoms with van der Waals surface area (Å²) >= 11 is 12.6. The van der Waals surface area contributed by atoms with E-state index in [2.05, 4.69) is 10.5 Å². The first-order valence-corrected chi connectivity index (χ1v) is 9.96. The summed E-state index contributed by atoms with van der Waals surface area (Å²) in [6.07, 6.45) is 0.337. The van der Waals surface area contributed by atoms with Crippen LogP contribution in [0.25, 0.3) is 0 Å². The van der Waals surface area contributed by atoms with Crippen LogP contribution < -0.4 is 5.32 Å². The van der Waals surface area contributed by atoms with Gasteiger partial charge in [-0.15, -0.1) is 0 Å². The monoisotopic (exact) mass is 419 g/mol. The molecule has 2 aromatic carbocycles. The van der Waals surface area contributed by atoms with Gasteiger partial charge in [0, 0.05) is 34.6 Å². The Labute approximate surface area is 175 Å². The lowest BCUT2D eigenvalue weighted by molar-refractivity contribution is 0.0586. The van der Waals surface area contributed by atoms with E-state index < -0.39 is 0 Å². The van der Waals surface area contributed by atoms with Gasteiger partial charge in [-0.2, -0.15) is 0 Å². The van der Waals surface area contributed by atoms with E-state index in [0.717, 1.165) is 16.8 Å². The molecule has 2 aromatic rings. The molecule has 1 aliphatic heterocycles. The summed E-state index contributed by atoms with van der Waals surface area (Å²) in [5.41, 5.74) is 2.53. The van der Waals surface area contributed by atoms with Gasteiger partial charge >= 0.3 is 6.03 Å². The first kappa shape index (κ1) is 20.5. The van der Waals surface area contributed by atoms with Crippen LogP contribution >= 0.6 is 23.2 Å². The molecule has 1 atom stereocenters. The van der Waals surface area contributed by atoms with Crippen LogP contribution in [-0.2, 0) is 11.4 Å². The van der Waals surface area contributed by atoms with Gasteiger partial charge in [-0.1, -0.05) is 64.8 Å². The average molecular weight is 420 g/mol. The average Bonchev–Trinajstić information content (AvgIpc) is 3.11. The molecule has 148 valence electrons. The molecule has 1 aliphatic rings. The molecular formula is C21H23Cl2N3O2. The minimum Gasteiger partial charge on any atom is -0.390 e. The van der Waals surface area contributed by atoms with E-state index in [1.807, 2.05) is 62.4 Å². The van der Waals surface area contributed by atoms with Crippen molar-refractivity contribution in [2.24, 2.45) is 5.16 Å². The van der Waals surface area contributed by atoms with Gasteiger partial charge in [-0.25, -0.2) is 4.79 Å². The Morgan fingerprint density at radius 1 is 1.18 bits per heavy atom. The number of halogens is 2. The van der Waals surface area contributed by atoms with Crippen molar-refractivity contribution >= 4 is 34.9 Å². The number of nitrogens with one attached hydrogen (secondary N) is 1. The summed E-state index contributed by atoms with van der Waals surface area (Å²) in [6.45, 7) is 4.63. The minimum atomic E-state index is -0.244. The van der Waals surface area contributed by atoms with Crippen molar-refractivity contribution in [3.8, 4) is 0 Å². The number of urea groups is 1. The van der Waals surface area contributed by atoms with Gasteiger partial charge < -0.3 is 15.1 Å². The minimum absolute atomic E-state index is 0.0284. The number of oxime groups is 1. The summed E-state index contributed by atoms with van der Waals surface area (Å²) in [4.78, 5) is 20.0. The lowest BCUT2D eigenvalue weighted by atomic mass is 10.0. The number of rotatable bonds is 6. The van der Waals surface area contributed by atoms with Crippen molar-refractivity contribution in [3.05, 3.63) is 69.7 Å². The number of amides is 2. The number of nitrogens with zero attached hydrogens (tertiary/aromatic N) is 2. The number of hydrogen-bond acceptors (Lipinski definition) is 3. The fourth-order valence-electron chi connectivity index (χ4n) is 3.02. The van der Waals surface area contributed by atoms with Gasteiger partial charge in [-0.05, 0) is 31.5 Å². The van der Waals surface area contributed by atoms with Crippen molar-refractivity contribution in [2.75, 3.05) is 6.54 Å². The Bertz CT molecular complexity index is 870. The molecule has 7 heteroatoms. The molecule has 28 heavy (non-hydrogen) atoms. The number of hydrogen-bond donors (Lipinski definition) is 1. The molecule has 0 radical (unpaired) electrons. The van der Waals surface area contributed by atoms with Gasteiger partial charge in [0.25, 0.3) is 0 Å². The first-order chi connectivity index (χ1) is 13.4. The van der Waals surface area contributed by atoms with Crippen molar-refractivity contribution in [1.82, 2.24) is 10.2 Å². The van der Waals surface area contributed by atoms with E-state index in [4.69, 9.17) is 28.0 Å². The molecular weight excluding hydrogens is 397 g/mol. The maximum absolute atomic E-state index is 12.7. The third kappa shape index (κ3) is 5.18. The maximum Gasteiger partial charge on any atom is 0.318 e. The molecule has 1 N–H and O–H groups in total. The van der Waals surface area contributed by atoms with Gasteiger partial charge in [0.1, 0.15) is 0 Å². The van der Waals surface area contributed by atoms with Gasteiger partial charge in [0.2, 0.25) is 0 Å². The van der Waals surface area contributed by atoms with Crippen molar-refractivity contribution in [2.45, 2.75) is 39.0 Å². The third-order valence-corrected chi connectivity index (χ3v) is 5.06. The van der Waals surface area contributed by atoms with Gasteiger partial charge in [0.15, 0.2) is 6.10 Å². The van der Waals surface area contributed by atoms with Crippen LogP contribution in [0, 0.1) is 0 Å². The summed E-state index contributed by atoms with van der Waals surface area (Å²) in [5, 5.41) is 8.40. The third-order valence-electron chi connectivity index (χ3n) is 4.36. The molecule has 5 nitrogen and oxygen atoms in total. The van der Waals surface area contributed by atoms with Crippen molar-refractivity contribution in [1.29, 1.82) is 0 Å². The number of carbonyl (C=O) groups is 1. The lowest BCUT2D eigenvalue weighted by Gasteiger charge is -2.26. The van der Waals surface area contributed by atoms with Crippen LogP contribution in [0.1, 0.15) is 31.4 Å².